The second-order valence-corrected chi connectivity index (χ2v) is 53.8. The molecule has 21 atom stereocenters. The maximum Gasteiger partial charge on any atom is 0.264 e. The summed E-state index contributed by atoms with van der Waals surface area (Å²) in [6, 6.07) is 27.8. The van der Waals surface area contributed by atoms with E-state index in [1.165, 1.54) is 17.4 Å². The minimum Gasteiger partial charge on any atom is -0.490 e. The molecule has 26 nitrogen and oxygen atoms in total. The SMILES string of the molecule is COCCO[C@H]1C2=C[C@@H](C2)[C@H](C)[C@@H](C)S(=O)(=O)NC(=O)c2ccc3c(c2)N(C[C@@H]2CC[C@H]21)C[C@@]1(CCCc2c1ccc(Cl)c2F)CO3.C[C@@H]1[C@@H](C)S(=O)(=O)NC(=O)c2ccc3c(c2)N(C[C@@H]2CC[C@H]2[C@@H](OCCS(C)(=O)=O)C2=C[C@H]1C2)C[C@@]1(CCCc2c1ccc(Cl)c2F)CO3.C[C@@H]1[C@@H](C)S(=O)(=O)NC(=O)c2ccc3c(c2)N(C[C@@H]2CC[C@H]2[C@@H](OCc2ncccn2)C2=C[C@H]1C2)C[C@@]1(CCCc2c1ccc(Cl)c2F)CO3. The van der Waals surface area contributed by atoms with Gasteiger partial charge in [-0.3, -0.25) is 14.4 Å². The Morgan fingerprint density at radius 2 is 0.774 bits per heavy atom. The molecule has 3 N–H and O–H groups in total. The number of anilines is 3. The van der Waals surface area contributed by atoms with Gasteiger partial charge in [0.15, 0.2) is 5.82 Å². The Morgan fingerprint density at radius 1 is 0.452 bits per heavy atom. The zero-order chi connectivity index (χ0) is 103. The van der Waals surface area contributed by atoms with Crippen molar-refractivity contribution >= 4 is 109 Å². The number of allylic oxidation sites excluding steroid dienone is 3. The third-order valence-corrected chi connectivity index (χ3v) is 43.2. The molecule has 784 valence electrons. The van der Waals surface area contributed by atoms with Gasteiger partial charge in [0.1, 0.15) is 51.1 Å². The summed E-state index contributed by atoms with van der Waals surface area (Å²) in [6.45, 7) is 16.7. The highest BCUT2D eigenvalue weighted by atomic mass is 35.5. The van der Waals surface area contributed by atoms with E-state index in [4.69, 9.17) is 68.0 Å². The van der Waals surface area contributed by atoms with Crippen LogP contribution in [0.4, 0.5) is 30.2 Å². The van der Waals surface area contributed by atoms with E-state index in [2.05, 4.69) is 57.1 Å². The number of amides is 3. The largest absolute Gasteiger partial charge is 0.490 e. The van der Waals surface area contributed by atoms with Crippen LogP contribution in [0.25, 0.3) is 0 Å². The number of benzene rings is 6. The molecule has 1 aromatic heterocycles. The predicted octanol–water partition coefficient (Wildman–Crippen LogP) is 17.9. The van der Waals surface area contributed by atoms with E-state index in [0.29, 0.717) is 149 Å². The molecule has 18 aliphatic rings. The second-order valence-electron chi connectivity index (χ2n) is 44.2. The number of carbonyl (C=O) groups excluding carboxylic acids is 3. The van der Waals surface area contributed by atoms with Gasteiger partial charge in [-0.2, -0.15) is 0 Å². The molecule has 3 saturated carbocycles. The third kappa shape index (κ3) is 20.3. The molecule has 36 heteroatoms. The first kappa shape index (κ1) is 104. The molecule has 3 fully saturated rings. The smallest absolute Gasteiger partial charge is 0.264 e. The number of fused-ring (bicyclic) bond motifs is 18. The lowest BCUT2D eigenvalue weighted by Crippen LogP contribution is -2.51. The monoisotopic (exact) mass is 2140 g/mol. The first-order valence-corrected chi connectivity index (χ1v) is 59.6. The topological polar surface area (TPSA) is 324 Å². The van der Waals surface area contributed by atoms with E-state index in [1.807, 2.05) is 39.0 Å². The zero-order valence-corrected chi connectivity index (χ0v) is 89.2. The average molecular weight is 2140 g/mol. The van der Waals surface area contributed by atoms with Crippen LogP contribution in [0.1, 0.15) is 208 Å². The molecule has 0 unspecified atom stereocenters. The quantitative estimate of drug-likeness (QED) is 0.0800. The predicted molar refractivity (Wildman–Crippen MR) is 554 cm³/mol. The highest BCUT2D eigenvalue weighted by Crippen LogP contribution is 2.57. The van der Waals surface area contributed by atoms with Crippen LogP contribution in [0.3, 0.4) is 0 Å². The molecule has 0 saturated heterocycles. The molecule has 12 bridgehead atoms. The van der Waals surface area contributed by atoms with Gasteiger partial charge in [-0.05, 0) is 336 Å². The normalized spacial score (nSPS) is 32.2. The van der Waals surface area contributed by atoms with E-state index >= 15 is 13.2 Å². The standard InChI is InChI=1S/C38H42ClFN4O5S.C36H44ClFN2O7S2.C36H44ClFN2O6S/c1-22-23(2)50(46,47)43-37(45)24-7-11-33-32(17-24)44(20-38(21-49-33)12-3-5-29-30(38)9-10-31(39)35(29)40)18-25-6-8-28(25)36(27-15-26(22)16-27)48-19-34-41-13-4-14-42-34;1-21-22(2)49(44,45)39-35(41)23-7-11-32-31(17-23)40(19-36(20-47-32)12-4-5-28-29(36)9-10-30(37)33(28)38)18-24-6-8-27(24)34(26-15-25(21)16-26)46-13-14-48(3,42)43;1-21-22(2)47(42,43)39-35(41)23-7-11-32-31(17-23)40(18-24-6-8-27(24)34(45-14-13-44-3)26-15-25(21)16-26)19-36(20-46-32)12-4-5-28-29(36)9-10-30(37)33(28)38/h4,7,9-11,13-15,17,22-23,25-26,28,36H,3,5-6,8,12,16,18-21H2,1-2H3,(H,43,45);7,9-11,15,17,21-22,24-25,27,34H,4-6,8,12-14,16,18-20H2,1-3H3,(H,39,41);7,9-11,15,17,21-22,24-25,27,34H,4-6,8,12-14,16,18-20H2,1-3H3,(H,39,41)/t22-,23-,25+,26+,28-,36+,38+;2*21-,22-,24+,25+,27-,34+,36+/m111/s1. The lowest BCUT2D eigenvalue weighted by molar-refractivity contribution is -0.0418. The van der Waals surface area contributed by atoms with Crippen molar-refractivity contribution in [3.8, 4) is 17.2 Å². The van der Waals surface area contributed by atoms with Crippen LogP contribution >= 0.6 is 34.8 Å². The fourth-order valence-electron chi connectivity index (χ4n) is 26.0. The van der Waals surface area contributed by atoms with Gasteiger partial charge in [0.2, 0.25) is 30.1 Å². The number of nitrogens with one attached hydrogen (secondary N) is 3. The molecule has 9 aliphatic carbocycles. The number of hydrogen-bond acceptors (Lipinski definition) is 23. The van der Waals surface area contributed by atoms with Gasteiger partial charge >= 0.3 is 0 Å². The summed E-state index contributed by atoms with van der Waals surface area (Å²) in [5, 5.41) is -2.06. The van der Waals surface area contributed by atoms with Gasteiger partial charge in [0.25, 0.3) is 17.7 Å². The number of sulfonamides is 3. The summed E-state index contributed by atoms with van der Waals surface area (Å²) in [7, 11) is -13.5. The van der Waals surface area contributed by atoms with Crippen molar-refractivity contribution < 1.29 is 94.4 Å². The molecule has 146 heavy (non-hydrogen) atoms. The summed E-state index contributed by atoms with van der Waals surface area (Å²) in [4.78, 5) is 56.2. The van der Waals surface area contributed by atoms with Gasteiger partial charge in [-0.1, -0.05) is 92.0 Å². The molecule has 6 aromatic carbocycles. The molecule has 25 rings (SSSR count). The number of halogens is 6. The van der Waals surface area contributed by atoms with Crippen molar-refractivity contribution in [1.82, 2.24) is 24.1 Å². The molecular weight excluding hydrogens is 2010 g/mol. The number of sulfone groups is 1. The van der Waals surface area contributed by atoms with E-state index in [-0.39, 0.29) is 146 Å². The van der Waals surface area contributed by atoms with Gasteiger partial charge in [-0.15, -0.1) is 0 Å². The van der Waals surface area contributed by atoms with Crippen molar-refractivity contribution in [3.63, 3.8) is 0 Å². The van der Waals surface area contributed by atoms with Crippen molar-refractivity contribution in [1.29, 1.82) is 0 Å². The number of methoxy groups -OCH3 is 1. The molecule has 0 radical (unpaired) electrons. The van der Waals surface area contributed by atoms with Crippen LogP contribution in [0.15, 0.2) is 144 Å². The summed E-state index contributed by atoms with van der Waals surface area (Å²) in [5.74, 6) is 0.0871. The third-order valence-electron chi connectivity index (χ3n) is 35.7. The minimum atomic E-state index is -4.02. The Kier molecular flexibility index (Phi) is 29.5. The first-order valence-electron chi connectivity index (χ1n) is 51.7. The van der Waals surface area contributed by atoms with Crippen LogP contribution in [-0.2, 0) is 101 Å². The summed E-state index contributed by atoms with van der Waals surface area (Å²) in [5.41, 5.74) is 9.41. The maximum absolute atomic E-state index is 15.5. The number of rotatable bonds is 11. The van der Waals surface area contributed by atoms with Crippen LogP contribution < -0.4 is 43.1 Å². The Hall–Kier alpha value is -8.87. The highest BCUT2D eigenvalue weighted by molar-refractivity contribution is 7.91. The van der Waals surface area contributed by atoms with Crippen LogP contribution in [0, 0.1) is 88.5 Å². The lowest BCUT2D eigenvalue weighted by atomic mass is 9.64. The highest BCUT2D eigenvalue weighted by Gasteiger charge is 2.54. The van der Waals surface area contributed by atoms with Crippen LogP contribution in [0.5, 0.6) is 17.2 Å². The molecular formula is C110H130Cl3F3N8O18S4. The van der Waals surface area contributed by atoms with Gasteiger partial charge in [0, 0.05) is 98.0 Å². The minimum absolute atomic E-state index is 0.0158. The van der Waals surface area contributed by atoms with Crippen molar-refractivity contribution in [2.24, 2.45) is 71.0 Å². The Balaban J connectivity index is 0.000000133. The van der Waals surface area contributed by atoms with E-state index in [1.54, 1.807) is 119 Å². The average Bonchev–Trinajstić information content (AvgIpc) is 1.54. The Bertz CT molecular complexity index is 6850. The summed E-state index contributed by atoms with van der Waals surface area (Å²) in [6.07, 6.45) is 25.2. The van der Waals surface area contributed by atoms with Crippen LogP contribution in [0.2, 0.25) is 15.1 Å². The fourth-order valence-corrected chi connectivity index (χ4v) is 30.9. The van der Waals surface area contributed by atoms with E-state index in [0.717, 1.165) is 124 Å². The molecule has 3 amide bonds. The summed E-state index contributed by atoms with van der Waals surface area (Å²) < 4.78 is 203. The van der Waals surface area contributed by atoms with E-state index < -0.39 is 95.4 Å². The van der Waals surface area contributed by atoms with Gasteiger partial charge < -0.3 is 47.9 Å². The van der Waals surface area contributed by atoms with Crippen molar-refractivity contribution in [2.75, 3.05) is 113 Å². The maximum atomic E-state index is 15.5. The second kappa shape index (κ2) is 41.4. The lowest BCUT2D eigenvalue weighted by Gasteiger charge is -2.48. The molecule has 10 heterocycles. The van der Waals surface area contributed by atoms with Crippen molar-refractivity contribution in [2.45, 2.75) is 214 Å². The number of ether oxygens (including phenoxy) is 7. The van der Waals surface area contributed by atoms with Gasteiger partial charge in [0.05, 0.1) is 112 Å². The zero-order valence-electron chi connectivity index (χ0n) is 83.6. The Morgan fingerprint density at radius 3 is 1.08 bits per heavy atom. The number of carbonyl (C=O) groups is 3. The fraction of sp³-hybridized carbons (Fsp3) is 0.555. The summed E-state index contributed by atoms with van der Waals surface area (Å²) >= 11 is 18.7. The van der Waals surface area contributed by atoms with Crippen molar-refractivity contribution in [3.05, 3.63) is 233 Å². The Labute approximate surface area is 869 Å². The van der Waals surface area contributed by atoms with Gasteiger partial charge in [-0.25, -0.2) is 71.0 Å². The molecule has 3 spiro atoms. The number of hydrogen-bond donors (Lipinski definition) is 3. The first-order chi connectivity index (χ1) is 69.7. The number of aromatic nitrogens is 2. The molecule has 9 aliphatic heterocycles. The van der Waals surface area contributed by atoms with Crippen LogP contribution in [-0.4, -0.2) is 193 Å². The van der Waals surface area contributed by atoms with E-state index in [9.17, 15) is 48.1 Å². The number of nitrogens with zero attached hydrogens (tertiary/aromatic N) is 5. The molecule has 7 aromatic rings.